The van der Waals surface area contributed by atoms with Crippen LogP contribution in [0.5, 0.6) is 11.5 Å². The first-order valence-corrected chi connectivity index (χ1v) is 17.1. The van der Waals surface area contributed by atoms with Gasteiger partial charge in [-0.1, -0.05) is 79.2 Å². The fourth-order valence-corrected chi connectivity index (χ4v) is 6.70. The normalized spacial score (nSPS) is 12.4. The number of halogens is 1. The Balaban J connectivity index is 1.86. The van der Waals surface area contributed by atoms with Gasteiger partial charge in [-0.3, -0.25) is 13.9 Å². The van der Waals surface area contributed by atoms with E-state index in [1.807, 2.05) is 50.2 Å². The quantitative estimate of drug-likeness (QED) is 0.163. The lowest BCUT2D eigenvalue weighted by Gasteiger charge is -2.34. The van der Waals surface area contributed by atoms with Gasteiger partial charge in [0.25, 0.3) is 10.0 Å². The van der Waals surface area contributed by atoms with Gasteiger partial charge in [-0.15, -0.1) is 0 Å². The van der Waals surface area contributed by atoms with Gasteiger partial charge >= 0.3 is 0 Å². The largest absolute Gasteiger partial charge is 0.497 e. The van der Waals surface area contributed by atoms with Crippen molar-refractivity contribution in [3.63, 3.8) is 0 Å². The second-order valence-corrected chi connectivity index (χ2v) is 13.3. The molecular weight excluding hydrogens is 638 g/mol. The average molecular weight is 678 g/mol. The lowest BCUT2D eigenvalue weighted by molar-refractivity contribution is -0.140. The van der Waals surface area contributed by atoms with Gasteiger partial charge in [-0.2, -0.15) is 0 Å². The summed E-state index contributed by atoms with van der Waals surface area (Å²) in [7, 11) is -1.44. The summed E-state index contributed by atoms with van der Waals surface area (Å²) in [6.45, 7) is 3.21. The summed E-state index contributed by atoms with van der Waals surface area (Å²) in [6, 6.07) is 27.8. The number of sulfonamides is 1. The molecule has 0 aliphatic rings. The Bertz CT molecular complexity index is 1760. The zero-order valence-electron chi connectivity index (χ0n) is 26.9. The number of ether oxygens (including phenoxy) is 2. The second kappa shape index (κ2) is 16.3. The highest BCUT2D eigenvalue weighted by Crippen LogP contribution is 2.36. The minimum absolute atomic E-state index is 0.000705. The van der Waals surface area contributed by atoms with E-state index >= 15 is 0 Å². The molecule has 2 amide bonds. The number of rotatable bonds is 15. The van der Waals surface area contributed by atoms with Crippen molar-refractivity contribution in [2.45, 2.75) is 50.2 Å². The van der Waals surface area contributed by atoms with Crippen LogP contribution in [0, 0.1) is 0 Å². The predicted molar refractivity (Wildman–Crippen MR) is 184 cm³/mol. The summed E-state index contributed by atoms with van der Waals surface area (Å²) in [5, 5.41) is 3.50. The van der Waals surface area contributed by atoms with Crippen molar-refractivity contribution in [3.05, 3.63) is 119 Å². The highest BCUT2D eigenvalue weighted by atomic mass is 35.5. The van der Waals surface area contributed by atoms with Gasteiger partial charge in [0.15, 0.2) is 0 Å². The molecule has 0 saturated carbocycles. The molecule has 0 fully saturated rings. The van der Waals surface area contributed by atoms with Crippen LogP contribution in [0.15, 0.2) is 108 Å². The SMILES string of the molecule is CC[C@H](C)NC(=O)[C@H](Cc1ccccc1)N(Cc1cccc(Cl)c1)C(=O)CN(c1cc(OC)ccc1OC)S(=O)(=O)c1ccccc1. The summed E-state index contributed by atoms with van der Waals surface area (Å²) in [4.78, 5) is 30.1. The summed E-state index contributed by atoms with van der Waals surface area (Å²) in [5.41, 5.74) is 1.62. The number of methoxy groups -OCH3 is 2. The Kier molecular flexibility index (Phi) is 12.3. The number of carbonyl (C=O) groups excluding carboxylic acids is 2. The van der Waals surface area contributed by atoms with Crippen LogP contribution in [-0.2, 0) is 32.6 Å². The van der Waals surface area contributed by atoms with Gasteiger partial charge in [0, 0.05) is 30.1 Å². The first-order chi connectivity index (χ1) is 22.6. The van der Waals surface area contributed by atoms with E-state index in [-0.39, 0.29) is 41.2 Å². The van der Waals surface area contributed by atoms with Crippen LogP contribution in [0.1, 0.15) is 31.4 Å². The molecular formula is C36H40ClN3O6S. The molecule has 0 bridgehead atoms. The Hall–Kier alpha value is -4.54. The third-order valence-corrected chi connectivity index (χ3v) is 9.79. The molecule has 0 saturated heterocycles. The number of hydrogen-bond acceptors (Lipinski definition) is 6. The molecule has 9 nitrogen and oxygen atoms in total. The van der Waals surface area contributed by atoms with E-state index < -0.39 is 28.5 Å². The molecule has 11 heteroatoms. The molecule has 0 spiro atoms. The van der Waals surface area contributed by atoms with Crippen molar-refractivity contribution in [1.82, 2.24) is 10.2 Å². The minimum atomic E-state index is -4.32. The molecule has 4 aromatic carbocycles. The van der Waals surface area contributed by atoms with E-state index in [4.69, 9.17) is 21.1 Å². The van der Waals surface area contributed by atoms with E-state index in [1.165, 1.54) is 37.3 Å². The molecule has 4 aromatic rings. The van der Waals surface area contributed by atoms with Gasteiger partial charge in [-0.05, 0) is 60.9 Å². The molecule has 0 aliphatic heterocycles. The topological polar surface area (TPSA) is 105 Å². The maximum absolute atomic E-state index is 14.7. The van der Waals surface area contributed by atoms with Crippen LogP contribution in [0.25, 0.3) is 0 Å². The zero-order chi connectivity index (χ0) is 34.0. The number of nitrogens with one attached hydrogen (secondary N) is 1. The summed E-state index contributed by atoms with van der Waals surface area (Å²) < 4.78 is 40.6. The standard InChI is InChI=1S/C36H40ClN3O6S/c1-5-26(2)38-36(42)33(22-27-13-8-6-9-14-27)39(24-28-15-12-16-29(37)21-28)35(41)25-40(47(43,44)31-17-10-7-11-18-31)32-23-30(45-3)19-20-34(32)46-4/h6-21,23,26,33H,5,22,24-25H2,1-4H3,(H,38,42)/t26-,33-/m0/s1. The Morgan fingerprint density at radius 3 is 2.13 bits per heavy atom. The third kappa shape index (κ3) is 9.05. The average Bonchev–Trinajstić information content (AvgIpc) is 3.09. The van der Waals surface area contributed by atoms with E-state index in [0.717, 1.165) is 9.87 Å². The molecule has 0 radical (unpaired) electrons. The minimum Gasteiger partial charge on any atom is -0.497 e. The van der Waals surface area contributed by atoms with Crippen molar-refractivity contribution >= 4 is 39.1 Å². The molecule has 2 atom stereocenters. The Morgan fingerprint density at radius 1 is 0.851 bits per heavy atom. The number of anilines is 1. The molecule has 4 rings (SSSR count). The number of nitrogens with zero attached hydrogens (tertiary/aromatic N) is 2. The second-order valence-electron chi connectivity index (χ2n) is 11.0. The van der Waals surface area contributed by atoms with Crippen LogP contribution in [-0.4, -0.2) is 58.0 Å². The Labute approximate surface area is 282 Å². The first kappa shape index (κ1) is 35.3. The number of amides is 2. The van der Waals surface area contributed by atoms with Crippen LogP contribution < -0.4 is 19.1 Å². The van der Waals surface area contributed by atoms with Crippen molar-refractivity contribution < 1.29 is 27.5 Å². The number of carbonyl (C=O) groups is 2. The van der Waals surface area contributed by atoms with Gasteiger partial charge < -0.3 is 19.7 Å². The number of benzene rings is 4. The first-order valence-electron chi connectivity index (χ1n) is 15.2. The molecule has 0 heterocycles. The molecule has 1 N–H and O–H groups in total. The van der Waals surface area contributed by atoms with Gasteiger partial charge in [0.1, 0.15) is 24.1 Å². The monoisotopic (exact) mass is 677 g/mol. The van der Waals surface area contributed by atoms with Crippen LogP contribution >= 0.6 is 11.6 Å². The molecule has 248 valence electrons. The predicted octanol–water partition coefficient (Wildman–Crippen LogP) is 6.11. The van der Waals surface area contributed by atoms with Gasteiger partial charge in [0.05, 0.1) is 24.8 Å². The number of hydrogen-bond donors (Lipinski definition) is 1. The zero-order valence-corrected chi connectivity index (χ0v) is 28.5. The van der Waals surface area contributed by atoms with Crippen molar-refractivity contribution in [3.8, 4) is 11.5 Å². The van der Waals surface area contributed by atoms with Crippen LogP contribution in [0.4, 0.5) is 5.69 Å². The highest BCUT2D eigenvalue weighted by molar-refractivity contribution is 7.92. The van der Waals surface area contributed by atoms with Crippen molar-refractivity contribution in [1.29, 1.82) is 0 Å². The van der Waals surface area contributed by atoms with Crippen molar-refractivity contribution in [2.24, 2.45) is 0 Å². The lowest BCUT2D eigenvalue weighted by Crippen LogP contribution is -2.54. The molecule has 0 unspecified atom stereocenters. The van der Waals surface area contributed by atoms with Crippen LogP contribution in [0.3, 0.4) is 0 Å². The third-order valence-electron chi connectivity index (χ3n) is 7.78. The highest BCUT2D eigenvalue weighted by Gasteiger charge is 2.36. The van der Waals surface area contributed by atoms with E-state index in [1.54, 1.807) is 48.5 Å². The fourth-order valence-electron chi connectivity index (χ4n) is 5.05. The van der Waals surface area contributed by atoms with Gasteiger partial charge in [0.2, 0.25) is 11.8 Å². The van der Waals surface area contributed by atoms with E-state index in [0.29, 0.717) is 22.8 Å². The Morgan fingerprint density at radius 2 is 1.51 bits per heavy atom. The van der Waals surface area contributed by atoms with Crippen LogP contribution in [0.2, 0.25) is 5.02 Å². The fraction of sp³-hybridized carbons (Fsp3) is 0.278. The smallest absolute Gasteiger partial charge is 0.264 e. The van der Waals surface area contributed by atoms with Gasteiger partial charge in [-0.25, -0.2) is 8.42 Å². The summed E-state index contributed by atoms with van der Waals surface area (Å²) >= 11 is 6.33. The summed E-state index contributed by atoms with van der Waals surface area (Å²) in [6.07, 6.45) is 0.883. The van der Waals surface area contributed by atoms with E-state index in [2.05, 4.69) is 5.32 Å². The lowest BCUT2D eigenvalue weighted by atomic mass is 10.0. The van der Waals surface area contributed by atoms with E-state index in [9.17, 15) is 18.0 Å². The molecule has 0 aliphatic carbocycles. The molecule has 0 aromatic heterocycles. The maximum atomic E-state index is 14.7. The summed E-state index contributed by atoms with van der Waals surface area (Å²) in [5.74, 6) is -0.369. The van der Waals surface area contributed by atoms with Crippen molar-refractivity contribution in [2.75, 3.05) is 25.1 Å². The molecule has 47 heavy (non-hydrogen) atoms. The maximum Gasteiger partial charge on any atom is 0.264 e.